The fourth-order valence-corrected chi connectivity index (χ4v) is 6.87. The number of carbonyl (C=O) groups excluding carboxylic acids is 2. The Morgan fingerprint density at radius 1 is 1.11 bits per heavy atom. The number of benzene rings is 3. The first-order valence-corrected chi connectivity index (χ1v) is 15.3. The van der Waals surface area contributed by atoms with E-state index in [0.717, 1.165) is 12.1 Å². The van der Waals surface area contributed by atoms with Crippen LogP contribution in [-0.4, -0.2) is 57.7 Å². The van der Waals surface area contributed by atoms with Crippen molar-refractivity contribution < 1.29 is 42.9 Å². The molecular formula is C34H35ClF2N2O7. The Morgan fingerprint density at radius 3 is 2.35 bits per heavy atom. The third-order valence-electron chi connectivity index (χ3n) is 9.09. The molecule has 244 valence electrons. The number of ketones is 1. The molecule has 2 atom stereocenters. The van der Waals surface area contributed by atoms with Crippen LogP contribution in [0.2, 0.25) is 5.02 Å². The van der Waals surface area contributed by atoms with Crippen LogP contribution >= 0.6 is 11.6 Å². The Hall–Kier alpha value is -4.22. The van der Waals surface area contributed by atoms with Crippen LogP contribution in [0.4, 0.5) is 13.6 Å². The quantitative estimate of drug-likeness (QED) is 0.242. The first-order chi connectivity index (χ1) is 21.7. The Bertz CT molecular complexity index is 1690. The molecule has 4 N–H and O–H groups in total. The van der Waals surface area contributed by atoms with E-state index in [-0.39, 0.29) is 40.5 Å². The molecule has 2 amide bonds. The molecule has 1 aliphatic carbocycles. The maximum absolute atomic E-state index is 16.3. The third-order valence-corrected chi connectivity index (χ3v) is 9.46. The average Bonchev–Trinajstić information content (AvgIpc) is 3.27. The number of aliphatic hydroxyl groups is 1. The minimum absolute atomic E-state index is 0.0185. The minimum Gasteiger partial charge on any atom is -0.483 e. The number of ether oxygens (including phenoxy) is 2. The highest BCUT2D eigenvalue weighted by atomic mass is 35.5. The first-order valence-electron chi connectivity index (χ1n) is 14.9. The van der Waals surface area contributed by atoms with Gasteiger partial charge in [0.1, 0.15) is 18.2 Å². The van der Waals surface area contributed by atoms with E-state index in [1.54, 1.807) is 44.2 Å². The van der Waals surface area contributed by atoms with Crippen molar-refractivity contribution in [2.24, 2.45) is 5.73 Å². The van der Waals surface area contributed by atoms with Gasteiger partial charge in [-0.1, -0.05) is 48.9 Å². The summed E-state index contributed by atoms with van der Waals surface area (Å²) >= 11 is 6.58. The van der Waals surface area contributed by atoms with Gasteiger partial charge in [-0.2, -0.15) is 0 Å². The van der Waals surface area contributed by atoms with E-state index in [0.29, 0.717) is 31.2 Å². The lowest BCUT2D eigenvalue weighted by Crippen LogP contribution is -2.53. The summed E-state index contributed by atoms with van der Waals surface area (Å²) in [6.45, 7) is 4.06. The van der Waals surface area contributed by atoms with Crippen molar-refractivity contribution >= 4 is 29.4 Å². The van der Waals surface area contributed by atoms with Gasteiger partial charge in [-0.05, 0) is 57.2 Å². The molecule has 2 aliphatic rings. The van der Waals surface area contributed by atoms with Crippen molar-refractivity contribution in [2.75, 3.05) is 13.2 Å². The SMILES string of the molecule is CC(=O)COc1ccc(C(N)=O)c(-c2c(Cl)c(F)cc3c2[C@H](C)[C@@](CN(C(=O)O)[C@H]2CC[C@](C)(O)CC2)(c2ccccc2)O3)c1F. The van der Waals surface area contributed by atoms with E-state index in [1.165, 1.54) is 17.9 Å². The highest BCUT2D eigenvalue weighted by Gasteiger charge is 2.52. The molecule has 1 fully saturated rings. The Morgan fingerprint density at radius 2 is 1.76 bits per heavy atom. The molecule has 0 radical (unpaired) electrons. The molecule has 0 aromatic heterocycles. The zero-order valence-electron chi connectivity index (χ0n) is 25.6. The van der Waals surface area contributed by atoms with Crippen LogP contribution in [0.1, 0.15) is 73.9 Å². The summed E-state index contributed by atoms with van der Waals surface area (Å²) < 4.78 is 43.9. The fraction of sp³-hybridized carbons (Fsp3) is 0.382. The lowest BCUT2D eigenvalue weighted by molar-refractivity contribution is -0.118. The predicted octanol–water partition coefficient (Wildman–Crippen LogP) is 6.42. The van der Waals surface area contributed by atoms with Crippen molar-refractivity contribution in [1.29, 1.82) is 0 Å². The van der Waals surface area contributed by atoms with Crippen molar-refractivity contribution in [3.8, 4) is 22.6 Å². The number of hydrogen-bond donors (Lipinski definition) is 3. The third kappa shape index (κ3) is 6.01. The molecule has 0 unspecified atom stereocenters. The van der Waals surface area contributed by atoms with Gasteiger partial charge in [0, 0.05) is 34.7 Å². The molecule has 3 aromatic rings. The summed E-state index contributed by atoms with van der Waals surface area (Å²) in [7, 11) is 0. The van der Waals surface area contributed by atoms with Crippen LogP contribution in [0.5, 0.6) is 11.5 Å². The minimum atomic E-state index is -1.44. The zero-order chi connectivity index (χ0) is 33.6. The lowest BCUT2D eigenvalue weighted by Gasteiger charge is -2.43. The van der Waals surface area contributed by atoms with Crippen LogP contribution in [0, 0.1) is 11.6 Å². The number of nitrogens with two attached hydrogens (primary N) is 1. The van der Waals surface area contributed by atoms with Gasteiger partial charge in [-0.25, -0.2) is 13.6 Å². The molecule has 0 saturated heterocycles. The number of nitrogens with zero attached hydrogens (tertiary/aromatic N) is 1. The second kappa shape index (κ2) is 12.5. The van der Waals surface area contributed by atoms with Gasteiger partial charge in [0.25, 0.3) is 0 Å². The van der Waals surface area contributed by atoms with Crippen LogP contribution in [-0.2, 0) is 10.4 Å². The van der Waals surface area contributed by atoms with Crippen LogP contribution in [0.3, 0.4) is 0 Å². The van der Waals surface area contributed by atoms with Crippen molar-refractivity contribution in [3.05, 3.63) is 81.9 Å². The topological polar surface area (TPSA) is 139 Å². The molecule has 9 nitrogen and oxygen atoms in total. The molecule has 3 aromatic carbocycles. The van der Waals surface area contributed by atoms with E-state index in [9.17, 15) is 24.6 Å². The van der Waals surface area contributed by atoms with Gasteiger partial charge in [-0.15, -0.1) is 0 Å². The Labute approximate surface area is 269 Å². The van der Waals surface area contributed by atoms with E-state index in [2.05, 4.69) is 0 Å². The molecule has 5 rings (SSSR count). The second-order valence-electron chi connectivity index (χ2n) is 12.3. The van der Waals surface area contributed by atoms with E-state index in [1.807, 2.05) is 0 Å². The maximum Gasteiger partial charge on any atom is 0.407 e. The standard InChI is InChI=1S/C34H35ClF2N2O7/c1-18(40)16-45-24-10-9-22(31(38)41)27(30(24)37)28-26-19(2)34(20-7-5-4-6-8-20,46-25(26)15-23(36)29(28)35)17-39(32(42)43)21-11-13-33(3,44)14-12-21/h4-10,15,19,21,44H,11-14,16-17H2,1-3H3,(H2,38,41)(H,42,43)/t19-,21-,33-,34-/m0/s1. The number of carbonyl (C=O) groups is 3. The summed E-state index contributed by atoms with van der Waals surface area (Å²) in [5.41, 5.74) is 3.17. The number of carboxylic acid groups (broad SMARTS) is 1. The lowest BCUT2D eigenvalue weighted by atomic mass is 9.76. The van der Waals surface area contributed by atoms with Gasteiger partial charge >= 0.3 is 6.09 Å². The predicted molar refractivity (Wildman–Crippen MR) is 166 cm³/mol. The van der Waals surface area contributed by atoms with Gasteiger partial charge in [0.15, 0.2) is 23.0 Å². The molecule has 1 heterocycles. The summed E-state index contributed by atoms with van der Waals surface area (Å²) in [5, 5.41) is 20.4. The van der Waals surface area contributed by atoms with E-state index in [4.69, 9.17) is 26.8 Å². The average molecular weight is 657 g/mol. The summed E-state index contributed by atoms with van der Waals surface area (Å²) in [4.78, 5) is 38.3. The van der Waals surface area contributed by atoms with Crippen LogP contribution in [0.25, 0.3) is 11.1 Å². The van der Waals surface area contributed by atoms with Gasteiger partial charge in [0.05, 0.1) is 22.7 Å². The molecule has 0 spiro atoms. The van der Waals surface area contributed by atoms with Gasteiger partial charge < -0.3 is 30.3 Å². The smallest absolute Gasteiger partial charge is 0.407 e. The highest BCUT2D eigenvalue weighted by Crippen LogP contribution is 2.57. The number of Topliss-reactive ketones (excluding diaryl/α,β-unsaturated/α-hetero) is 1. The molecule has 46 heavy (non-hydrogen) atoms. The number of primary amides is 1. The van der Waals surface area contributed by atoms with E-state index >= 15 is 8.78 Å². The number of hydrogen-bond acceptors (Lipinski definition) is 6. The number of amides is 2. The largest absolute Gasteiger partial charge is 0.483 e. The number of halogens is 3. The number of fused-ring (bicyclic) bond motifs is 1. The van der Waals surface area contributed by atoms with Crippen LogP contribution < -0.4 is 15.2 Å². The number of rotatable bonds is 9. The summed E-state index contributed by atoms with van der Waals surface area (Å²) in [6, 6.07) is 11.8. The summed E-state index contributed by atoms with van der Waals surface area (Å²) in [6.07, 6.45) is 0.432. The Balaban J connectivity index is 1.71. The monoisotopic (exact) mass is 656 g/mol. The fourth-order valence-electron chi connectivity index (χ4n) is 6.62. The van der Waals surface area contributed by atoms with Crippen molar-refractivity contribution in [3.63, 3.8) is 0 Å². The Kier molecular flexibility index (Phi) is 9.03. The first kappa shape index (κ1) is 33.2. The normalized spacial score (nSPS) is 23.7. The maximum atomic E-state index is 16.3. The summed E-state index contributed by atoms with van der Waals surface area (Å²) in [5.74, 6) is -4.64. The molecule has 1 saturated carbocycles. The van der Waals surface area contributed by atoms with Crippen molar-refractivity contribution in [2.45, 2.75) is 69.6 Å². The molecule has 0 bridgehead atoms. The zero-order valence-corrected chi connectivity index (χ0v) is 26.4. The highest BCUT2D eigenvalue weighted by molar-refractivity contribution is 6.34. The molecule has 12 heteroatoms. The van der Waals surface area contributed by atoms with E-state index < -0.39 is 64.0 Å². The van der Waals surface area contributed by atoms with Gasteiger partial charge in [-0.3, -0.25) is 9.59 Å². The second-order valence-corrected chi connectivity index (χ2v) is 12.7. The molecule has 1 aliphatic heterocycles. The van der Waals surface area contributed by atoms with Crippen LogP contribution in [0.15, 0.2) is 48.5 Å². The van der Waals surface area contributed by atoms with Gasteiger partial charge in [0.2, 0.25) is 5.91 Å². The van der Waals surface area contributed by atoms with Crippen molar-refractivity contribution in [1.82, 2.24) is 4.90 Å². The molecular weight excluding hydrogens is 622 g/mol.